The maximum absolute atomic E-state index is 13.1. The predicted molar refractivity (Wildman–Crippen MR) is 73.6 cm³/mol. The van der Waals surface area contributed by atoms with Gasteiger partial charge in [-0.25, -0.2) is 17.6 Å². The fourth-order valence-corrected chi connectivity index (χ4v) is 3.25. The van der Waals surface area contributed by atoms with Crippen molar-refractivity contribution in [1.29, 1.82) is 0 Å². The lowest BCUT2D eigenvalue weighted by Crippen LogP contribution is -2.51. The van der Waals surface area contributed by atoms with Crippen molar-refractivity contribution in [2.75, 3.05) is 0 Å². The van der Waals surface area contributed by atoms with Gasteiger partial charge in [0.2, 0.25) is 5.72 Å². The molecule has 1 aromatic heterocycles. The molecule has 0 saturated carbocycles. The highest BCUT2D eigenvalue weighted by Gasteiger charge is 2.53. The van der Waals surface area contributed by atoms with Crippen molar-refractivity contribution in [2.45, 2.75) is 45.3 Å². The summed E-state index contributed by atoms with van der Waals surface area (Å²) in [6.45, 7) is 3.54. The van der Waals surface area contributed by atoms with Crippen LogP contribution in [0.15, 0.2) is 10.5 Å². The quantitative estimate of drug-likeness (QED) is 0.858. The van der Waals surface area contributed by atoms with E-state index in [-0.39, 0.29) is 10.6 Å². The number of aliphatic hydroxyl groups is 1. The van der Waals surface area contributed by atoms with Crippen LogP contribution in [0.25, 0.3) is 0 Å². The smallest absolute Gasteiger partial charge is 0.287 e. The van der Waals surface area contributed by atoms with Crippen LogP contribution < -0.4 is 0 Å². The van der Waals surface area contributed by atoms with Crippen molar-refractivity contribution >= 4 is 23.0 Å². The molecule has 1 atom stereocenters. The van der Waals surface area contributed by atoms with Gasteiger partial charge in [-0.15, -0.1) is 11.3 Å². The molecular weight excluding hydrogens is 324 g/mol. The van der Waals surface area contributed by atoms with E-state index in [2.05, 4.69) is 5.10 Å². The monoisotopic (exact) mass is 338 g/mol. The molecular formula is C13H14F4N2O2S. The number of thiophene rings is 1. The predicted octanol–water partition coefficient (Wildman–Crippen LogP) is 3.04. The van der Waals surface area contributed by atoms with E-state index in [1.807, 2.05) is 0 Å². The summed E-state index contributed by atoms with van der Waals surface area (Å²) in [4.78, 5) is 13.2. The number of hydrogen-bond donors (Lipinski definition) is 1. The third kappa shape index (κ3) is 2.63. The van der Waals surface area contributed by atoms with Crippen molar-refractivity contribution < 1.29 is 27.5 Å². The van der Waals surface area contributed by atoms with E-state index >= 15 is 0 Å². The van der Waals surface area contributed by atoms with E-state index < -0.39 is 36.6 Å². The van der Waals surface area contributed by atoms with E-state index in [9.17, 15) is 27.5 Å². The molecule has 2 heterocycles. The molecule has 1 aliphatic rings. The van der Waals surface area contributed by atoms with Crippen LogP contribution in [0, 0.1) is 6.92 Å². The van der Waals surface area contributed by atoms with Gasteiger partial charge in [0.1, 0.15) is 5.71 Å². The lowest BCUT2D eigenvalue weighted by Gasteiger charge is -2.30. The SMILES string of the molecule is CCc1c(C(=O)N2N=C(C(F)F)C[C@@]2(O)C(F)F)csc1C. The summed E-state index contributed by atoms with van der Waals surface area (Å²) in [6.07, 6.45) is -7.12. The zero-order valence-corrected chi connectivity index (χ0v) is 12.6. The second-order valence-electron chi connectivity index (χ2n) is 4.90. The number of rotatable bonds is 4. The molecule has 122 valence electrons. The summed E-state index contributed by atoms with van der Waals surface area (Å²) in [5.74, 6) is -1.00. The number of alkyl halides is 4. The fourth-order valence-electron chi connectivity index (χ4n) is 2.32. The van der Waals surface area contributed by atoms with Crippen LogP contribution in [0.3, 0.4) is 0 Å². The van der Waals surface area contributed by atoms with Gasteiger partial charge in [-0.2, -0.15) is 10.1 Å². The van der Waals surface area contributed by atoms with Gasteiger partial charge in [0.25, 0.3) is 18.8 Å². The molecule has 0 aromatic carbocycles. The number of aryl methyl sites for hydroxylation is 1. The van der Waals surface area contributed by atoms with Gasteiger partial charge in [0, 0.05) is 16.7 Å². The lowest BCUT2D eigenvalue weighted by atomic mass is 10.0. The summed E-state index contributed by atoms with van der Waals surface area (Å²) in [7, 11) is 0. The van der Waals surface area contributed by atoms with Gasteiger partial charge in [0.05, 0.1) is 5.56 Å². The Hall–Kier alpha value is -1.48. The number of carbonyl (C=O) groups excluding carboxylic acids is 1. The first-order valence-corrected chi connectivity index (χ1v) is 7.37. The minimum absolute atomic E-state index is 0.0970. The summed E-state index contributed by atoms with van der Waals surface area (Å²) in [5, 5.41) is 14.8. The fraction of sp³-hybridized carbons (Fsp3) is 0.538. The van der Waals surface area contributed by atoms with Crippen LogP contribution in [0.4, 0.5) is 17.6 Å². The second kappa shape index (κ2) is 5.96. The lowest BCUT2D eigenvalue weighted by molar-refractivity contribution is -0.164. The van der Waals surface area contributed by atoms with Crippen molar-refractivity contribution in [2.24, 2.45) is 5.10 Å². The highest BCUT2D eigenvalue weighted by atomic mass is 32.1. The number of halogens is 4. The normalized spacial score (nSPS) is 21.9. The minimum Gasteiger partial charge on any atom is -0.364 e. The standard InChI is InChI=1S/C13H14F4N2O2S/c1-3-7-6(2)22-5-8(7)11(20)19-13(21,12(16)17)4-9(18-19)10(14)15/h5,10,12,21H,3-4H2,1-2H3/t13-/m1/s1. The van der Waals surface area contributed by atoms with Crippen molar-refractivity contribution in [3.05, 3.63) is 21.4 Å². The van der Waals surface area contributed by atoms with E-state index in [1.54, 1.807) is 13.8 Å². The first-order valence-electron chi connectivity index (χ1n) is 6.50. The zero-order valence-electron chi connectivity index (χ0n) is 11.8. The number of hydrazone groups is 1. The highest BCUT2D eigenvalue weighted by Crippen LogP contribution is 2.35. The van der Waals surface area contributed by atoms with Gasteiger partial charge in [-0.05, 0) is 18.9 Å². The largest absolute Gasteiger partial charge is 0.364 e. The van der Waals surface area contributed by atoms with E-state index in [0.29, 0.717) is 12.0 Å². The number of carbonyl (C=O) groups is 1. The van der Waals surface area contributed by atoms with Gasteiger partial charge < -0.3 is 5.11 Å². The summed E-state index contributed by atoms with van der Waals surface area (Å²) >= 11 is 1.25. The topological polar surface area (TPSA) is 52.9 Å². The molecule has 9 heteroatoms. The van der Waals surface area contributed by atoms with Crippen molar-refractivity contribution in [3.63, 3.8) is 0 Å². The Kier molecular flexibility index (Phi) is 4.57. The maximum Gasteiger partial charge on any atom is 0.287 e. The molecule has 1 N–H and O–H groups in total. The highest BCUT2D eigenvalue weighted by molar-refractivity contribution is 7.10. The van der Waals surface area contributed by atoms with E-state index in [1.165, 1.54) is 16.7 Å². The average molecular weight is 338 g/mol. The third-order valence-electron chi connectivity index (χ3n) is 3.52. The Morgan fingerprint density at radius 2 is 2.14 bits per heavy atom. The molecule has 0 radical (unpaired) electrons. The molecule has 0 unspecified atom stereocenters. The Morgan fingerprint density at radius 3 is 2.64 bits per heavy atom. The second-order valence-corrected chi connectivity index (χ2v) is 5.99. The third-order valence-corrected chi connectivity index (χ3v) is 4.47. The Morgan fingerprint density at radius 1 is 1.50 bits per heavy atom. The molecule has 1 amide bonds. The molecule has 1 aliphatic heterocycles. The molecule has 22 heavy (non-hydrogen) atoms. The Labute approximate surface area is 128 Å². The average Bonchev–Trinajstić information content (AvgIpc) is 2.99. The van der Waals surface area contributed by atoms with Crippen LogP contribution in [0.1, 0.15) is 34.1 Å². The zero-order chi connectivity index (χ0) is 16.7. The van der Waals surface area contributed by atoms with Crippen LogP contribution in [0.2, 0.25) is 0 Å². The summed E-state index contributed by atoms with van der Waals surface area (Å²) < 4.78 is 51.7. The molecule has 1 aromatic rings. The van der Waals surface area contributed by atoms with E-state index in [4.69, 9.17) is 0 Å². The van der Waals surface area contributed by atoms with Gasteiger partial charge in [0.15, 0.2) is 0 Å². The van der Waals surface area contributed by atoms with Crippen LogP contribution in [-0.4, -0.2) is 40.3 Å². The molecule has 4 nitrogen and oxygen atoms in total. The maximum atomic E-state index is 13.1. The summed E-state index contributed by atoms with van der Waals surface area (Å²) in [6, 6.07) is 0. The van der Waals surface area contributed by atoms with Crippen LogP contribution >= 0.6 is 11.3 Å². The van der Waals surface area contributed by atoms with Gasteiger partial charge in [-0.3, -0.25) is 4.79 Å². The Balaban J connectivity index is 2.44. The molecule has 0 fully saturated rings. The van der Waals surface area contributed by atoms with Gasteiger partial charge in [-0.1, -0.05) is 6.92 Å². The van der Waals surface area contributed by atoms with Gasteiger partial charge >= 0.3 is 0 Å². The molecule has 0 bridgehead atoms. The first-order chi connectivity index (χ1) is 10.2. The van der Waals surface area contributed by atoms with Crippen molar-refractivity contribution in [3.8, 4) is 0 Å². The first kappa shape index (κ1) is 16.9. The molecule has 0 aliphatic carbocycles. The van der Waals surface area contributed by atoms with E-state index in [0.717, 1.165) is 4.88 Å². The molecule has 0 saturated heterocycles. The summed E-state index contributed by atoms with van der Waals surface area (Å²) in [5.41, 5.74) is -3.24. The van der Waals surface area contributed by atoms with Crippen LogP contribution in [-0.2, 0) is 6.42 Å². The van der Waals surface area contributed by atoms with Crippen molar-refractivity contribution in [1.82, 2.24) is 5.01 Å². The van der Waals surface area contributed by atoms with Crippen LogP contribution in [0.5, 0.6) is 0 Å². The number of nitrogens with zero attached hydrogens (tertiary/aromatic N) is 2. The molecule has 2 rings (SSSR count). The molecule has 0 spiro atoms. The Bertz CT molecular complexity index is 617. The number of amides is 1. The minimum atomic E-state index is -3.42. The number of hydrogen-bond acceptors (Lipinski definition) is 4.